The molecule has 1 aromatic heterocycles. The molecule has 94 valence electrons. The van der Waals surface area contributed by atoms with Crippen molar-refractivity contribution in [3.8, 4) is 17.0 Å². The second kappa shape index (κ2) is 5.53. The summed E-state index contributed by atoms with van der Waals surface area (Å²) in [5.41, 5.74) is 5.47. The molecule has 0 saturated carbocycles. The fourth-order valence-corrected chi connectivity index (χ4v) is 2.50. The van der Waals surface area contributed by atoms with Gasteiger partial charge in [-0.3, -0.25) is 4.98 Å². The number of pyridine rings is 1. The summed E-state index contributed by atoms with van der Waals surface area (Å²) in [6.45, 7) is 4.10. The second-order valence-electron chi connectivity index (χ2n) is 4.28. The average molecular weight is 306 g/mol. The number of ether oxygens (including phenoxy) is 1. The van der Waals surface area contributed by atoms with Crippen molar-refractivity contribution in [2.75, 3.05) is 7.11 Å². The third-order valence-electron chi connectivity index (χ3n) is 2.97. The number of benzene rings is 1. The molecule has 0 aliphatic rings. The van der Waals surface area contributed by atoms with Crippen LogP contribution in [-0.2, 0) is 5.33 Å². The van der Waals surface area contributed by atoms with Gasteiger partial charge in [-0.1, -0.05) is 33.6 Å². The smallest absolute Gasteiger partial charge is 0.128 e. The van der Waals surface area contributed by atoms with E-state index in [2.05, 4.69) is 40.0 Å². The summed E-state index contributed by atoms with van der Waals surface area (Å²) >= 11 is 3.46. The number of rotatable bonds is 3. The summed E-state index contributed by atoms with van der Waals surface area (Å²) in [4.78, 5) is 4.65. The van der Waals surface area contributed by atoms with Crippen LogP contribution in [0.15, 0.2) is 30.3 Å². The summed E-state index contributed by atoms with van der Waals surface area (Å²) in [6.07, 6.45) is 0. The van der Waals surface area contributed by atoms with Gasteiger partial charge >= 0.3 is 0 Å². The Labute approximate surface area is 116 Å². The van der Waals surface area contributed by atoms with E-state index in [1.54, 1.807) is 7.11 Å². The molecular formula is C15H16BrNO. The molecule has 2 rings (SSSR count). The molecule has 0 spiro atoms. The summed E-state index contributed by atoms with van der Waals surface area (Å²) in [5, 5.41) is 0.830. The number of hydrogen-bond acceptors (Lipinski definition) is 2. The van der Waals surface area contributed by atoms with E-state index < -0.39 is 0 Å². The molecule has 0 N–H and O–H groups in total. The lowest BCUT2D eigenvalue weighted by atomic mass is 10.1. The van der Waals surface area contributed by atoms with Gasteiger partial charge in [-0.05, 0) is 37.6 Å². The third-order valence-corrected chi connectivity index (χ3v) is 3.57. The molecule has 0 amide bonds. The second-order valence-corrected chi connectivity index (χ2v) is 4.84. The van der Waals surface area contributed by atoms with Crippen LogP contribution in [0, 0.1) is 13.8 Å². The van der Waals surface area contributed by atoms with Crippen molar-refractivity contribution < 1.29 is 4.74 Å². The van der Waals surface area contributed by atoms with Crippen LogP contribution < -0.4 is 4.74 Å². The lowest BCUT2D eigenvalue weighted by Gasteiger charge is -2.10. The number of hydrogen-bond donors (Lipinski definition) is 0. The Kier molecular flexibility index (Phi) is 4.02. The molecule has 3 heteroatoms. The molecule has 2 aromatic rings. The van der Waals surface area contributed by atoms with Crippen LogP contribution >= 0.6 is 15.9 Å². The van der Waals surface area contributed by atoms with Crippen LogP contribution in [0.5, 0.6) is 5.75 Å². The Balaban J connectivity index is 2.54. The molecule has 1 heterocycles. The molecule has 1 aromatic carbocycles. The fourth-order valence-electron chi connectivity index (χ4n) is 1.90. The molecule has 0 aliphatic heterocycles. The predicted molar refractivity (Wildman–Crippen MR) is 78.3 cm³/mol. The van der Waals surface area contributed by atoms with E-state index in [4.69, 9.17) is 4.74 Å². The summed E-state index contributed by atoms with van der Waals surface area (Å²) < 4.78 is 5.40. The molecule has 0 atom stereocenters. The molecule has 0 fully saturated rings. The number of halogens is 1. The molecule has 0 bridgehead atoms. The predicted octanol–water partition coefficient (Wildman–Crippen LogP) is 4.27. The monoisotopic (exact) mass is 305 g/mol. The van der Waals surface area contributed by atoms with Crippen molar-refractivity contribution in [3.63, 3.8) is 0 Å². The van der Waals surface area contributed by atoms with Crippen molar-refractivity contribution in [3.05, 3.63) is 47.2 Å². The van der Waals surface area contributed by atoms with E-state index >= 15 is 0 Å². The van der Waals surface area contributed by atoms with Crippen LogP contribution in [-0.4, -0.2) is 12.1 Å². The van der Waals surface area contributed by atoms with Crippen molar-refractivity contribution in [1.29, 1.82) is 0 Å². The van der Waals surface area contributed by atoms with Crippen LogP contribution in [0.25, 0.3) is 11.3 Å². The Morgan fingerprint density at radius 3 is 2.56 bits per heavy atom. The first kappa shape index (κ1) is 13.1. The Bertz CT molecular complexity index is 566. The zero-order valence-electron chi connectivity index (χ0n) is 10.8. The highest BCUT2D eigenvalue weighted by Gasteiger charge is 2.09. The number of methoxy groups -OCH3 is 1. The minimum Gasteiger partial charge on any atom is -0.496 e. The first-order valence-corrected chi connectivity index (χ1v) is 6.95. The fraction of sp³-hybridized carbons (Fsp3) is 0.267. The van der Waals surface area contributed by atoms with Gasteiger partial charge in [0.2, 0.25) is 0 Å². The highest BCUT2D eigenvalue weighted by Crippen LogP contribution is 2.30. The Hall–Kier alpha value is -1.35. The summed E-state index contributed by atoms with van der Waals surface area (Å²) in [6, 6.07) is 10.3. The van der Waals surface area contributed by atoms with Crippen molar-refractivity contribution in [2.24, 2.45) is 0 Å². The largest absolute Gasteiger partial charge is 0.496 e. The van der Waals surface area contributed by atoms with E-state index in [1.165, 1.54) is 11.1 Å². The van der Waals surface area contributed by atoms with Crippen LogP contribution in [0.1, 0.15) is 16.8 Å². The zero-order chi connectivity index (χ0) is 13.1. The molecule has 0 saturated heterocycles. The topological polar surface area (TPSA) is 22.1 Å². The molecule has 2 nitrogen and oxygen atoms in total. The number of aryl methyl sites for hydroxylation is 2. The Morgan fingerprint density at radius 1 is 1.17 bits per heavy atom. The molecule has 0 unspecified atom stereocenters. The lowest BCUT2D eigenvalue weighted by Crippen LogP contribution is -1.95. The van der Waals surface area contributed by atoms with Gasteiger partial charge in [0.15, 0.2) is 0 Å². The minimum absolute atomic E-state index is 0.830. The highest BCUT2D eigenvalue weighted by atomic mass is 79.9. The highest BCUT2D eigenvalue weighted by molar-refractivity contribution is 9.08. The van der Waals surface area contributed by atoms with Gasteiger partial charge in [0, 0.05) is 16.6 Å². The summed E-state index contributed by atoms with van der Waals surface area (Å²) in [5.74, 6) is 0.860. The van der Waals surface area contributed by atoms with E-state index in [0.717, 1.165) is 28.0 Å². The van der Waals surface area contributed by atoms with E-state index in [9.17, 15) is 0 Å². The van der Waals surface area contributed by atoms with Crippen molar-refractivity contribution in [1.82, 2.24) is 4.98 Å². The maximum Gasteiger partial charge on any atom is 0.128 e. The van der Waals surface area contributed by atoms with Gasteiger partial charge in [-0.15, -0.1) is 0 Å². The van der Waals surface area contributed by atoms with Crippen LogP contribution in [0.4, 0.5) is 0 Å². The number of alkyl halides is 1. The third kappa shape index (κ3) is 2.56. The van der Waals surface area contributed by atoms with Crippen molar-refractivity contribution >= 4 is 15.9 Å². The van der Waals surface area contributed by atoms with Gasteiger partial charge in [0.25, 0.3) is 0 Å². The van der Waals surface area contributed by atoms with E-state index in [-0.39, 0.29) is 0 Å². The normalized spacial score (nSPS) is 10.4. The maximum absolute atomic E-state index is 5.40. The van der Waals surface area contributed by atoms with Gasteiger partial charge in [0.05, 0.1) is 12.8 Å². The van der Waals surface area contributed by atoms with Gasteiger partial charge < -0.3 is 4.74 Å². The van der Waals surface area contributed by atoms with E-state index in [1.807, 2.05) is 25.1 Å². The number of aromatic nitrogens is 1. The minimum atomic E-state index is 0.830. The average Bonchev–Trinajstić information content (AvgIpc) is 2.38. The summed E-state index contributed by atoms with van der Waals surface area (Å²) in [7, 11) is 1.69. The zero-order valence-corrected chi connectivity index (χ0v) is 12.4. The van der Waals surface area contributed by atoms with Crippen molar-refractivity contribution in [2.45, 2.75) is 19.2 Å². The van der Waals surface area contributed by atoms with Crippen LogP contribution in [0.2, 0.25) is 0 Å². The molecular weight excluding hydrogens is 290 g/mol. The van der Waals surface area contributed by atoms with Gasteiger partial charge in [-0.2, -0.15) is 0 Å². The molecule has 18 heavy (non-hydrogen) atoms. The standard InChI is InChI=1S/C15H16BrNO/c1-10-4-7-15(18-3)13(8-10)14-6-5-12(9-16)11(2)17-14/h4-8H,9H2,1-3H3. The lowest BCUT2D eigenvalue weighted by molar-refractivity contribution is 0.416. The first-order valence-electron chi connectivity index (χ1n) is 5.83. The quantitative estimate of drug-likeness (QED) is 0.790. The van der Waals surface area contributed by atoms with E-state index in [0.29, 0.717) is 0 Å². The molecule has 0 radical (unpaired) electrons. The van der Waals surface area contributed by atoms with Gasteiger partial charge in [0.1, 0.15) is 5.75 Å². The number of nitrogens with zero attached hydrogens (tertiary/aromatic N) is 1. The first-order chi connectivity index (χ1) is 8.65. The SMILES string of the molecule is COc1ccc(C)cc1-c1ccc(CBr)c(C)n1. The molecule has 0 aliphatic carbocycles. The van der Waals surface area contributed by atoms with Crippen LogP contribution in [0.3, 0.4) is 0 Å². The maximum atomic E-state index is 5.40. The Morgan fingerprint density at radius 2 is 1.94 bits per heavy atom. The van der Waals surface area contributed by atoms with Gasteiger partial charge in [-0.25, -0.2) is 0 Å².